The fraction of sp³-hybridized carbons (Fsp3) is 0.200. The predicted octanol–water partition coefficient (Wildman–Crippen LogP) is 4.70. The Kier molecular flexibility index (Phi) is 6.31. The van der Waals surface area contributed by atoms with Crippen molar-refractivity contribution in [3.63, 3.8) is 0 Å². The van der Waals surface area contributed by atoms with E-state index in [4.69, 9.17) is 23.2 Å². The highest BCUT2D eigenvalue weighted by atomic mass is 35.5. The molecular weight excluding hydrogens is 369 g/mol. The average Bonchev–Trinajstić information content (AvgIpc) is 2.64. The maximum atomic E-state index is 12.0. The van der Waals surface area contributed by atoms with E-state index in [-0.39, 0.29) is 5.91 Å². The fourth-order valence-corrected chi connectivity index (χ4v) is 3.21. The zero-order chi connectivity index (χ0) is 18.4. The summed E-state index contributed by atoms with van der Waals surface area (Å²) in [5, 5.41) is 8.49. The normalized spacial score (nSPS) is 10.7. The molecule has 4 nitrogen and oxygen atoms in total. The van der Waals surface area contributed by atoms with Crippen LogP contribution in [0.4, 0.5) is 5.69 Å². The number of aromatic nitrogens is 1. The monoisotopic (exact) mass is 387 g/mol. The van der Waals surface area contributed by atoms with Crippen LogP contribution in [-0.2, 0) is 11.2 Å². The zero-order valence-corrected chi connectivity index (χ0v) is 15.6. The van der Waals surface area contributed by atoms with Crippen molar-refractivity contribution < 1.29 is 4.79 Å². The minimum absolute atomic E-state index is 0.00391. The van der Waals surface area contributed by atoms with E-state index in [0.717, 1.165) is 22.2 Å². The highest BCUT2D eigenvalue weighted by Gasteiger charge is 2.05. The van der Waals surface area contributed by atoms with Gasteiger partial charge in [0.15, 0.2) is 0 Å². The van der Waals surface area contributed by atoms with E-state index in [2.05, 4.69) is 15.6 Å². The Bertz CT molecular complexity index is 909. The number of rotatable bonds is 7. The van der Waals surface area contributed by atoms with Gasteiger partial charge >= 0.3 is 0 Å². The largest absolute Gasteiger partial charge is 0.383 e. The second-order valence-electron chi connectivity index (χ2n) is 5.89. The molecule has 26 heavy (non-hydrogen) atoms. The van der Waals surface area contributed by atoms with Crippen molar-refractivity contribution in [2.24, 2.45) is 0 Å². The van der Waals surface area contributed by atoms with E-state index in [9.17, 15) is 4.79 Å². The lowest BCUT2D eigenvalue weighted by Crippen LogP contribution is -2.27. The average molecular weight is 388 g/mol. The van der Waals surface area contributed by atoms with Gasteiger partial charge in [-0.15, -0.1) is 0 Å². The highest BCUT2D eigenvalue weighted by molar-refractivity contribution is 6.35. The van der Waals surface area contributed by atoms with Gasteiger partial charge in [0.25, 0.3) is 0 Å². The molecule has 0 aliphatic carbocycles. The third kappa shape index (κ3) is 4.87. The van der Waals surface area contributed by atoms with Crippen molar-refractivity contribution in [1.29, 1.82) is 0 Å². The van der Waals surface area contributed by atoms with Crippen molar-refractivity contribution in [2.75, 3.05) is 18.4 Å². The quantitative estimate of drug-likeness (QED) is 0.617. The van der Waals surface area contributed by atoms with Gasteiger partial charge in [-0.25, -0.2) is 0 Å². The van der Waals surface area contributed by atoms with E-state index in [1.807, 2.05) is 36.4 Å². The van der Waals surface area contributed by atoms with Crippen LogP contribution in [0.2, 0.25) is 10.0 Å². The van der Waals surface area contributed by atoms with Gasteiger partial charge < -0.3 is 10.6 Å². The van der Waals surface area contributed by atoms with Crippen molar-refractivity contribution in [2.45, 2.75) is 12.8 Å². The third-order valence-corrected chi connectivity index (χ3v) is 4.62. The molecule has 0 fully saturated rings. The molecule has 0 spiro atoms. The van der Waals surface area contributed by atoms with Gasteiger partial charge in [-0.3, -0.25) is 9.78 Å². The number of anilines is 1. The predicted molar refractivity (Wildman–Crippen MR) is 108 cm³/mol. The summed E-state index contributed by atoms with van der Waals surface area (Å²) in [6, 6.07) is 15.3. The van der Waals surface area contributed by atoms with Gasteiger partial charge in [-0.2, -0.15) is 0 Å². The standard InChI is InChI=1S/C20H19Cl2N3O/c21-16-7-6-14(17(22)13-16)8-11-24-19(26)9-12-23-18-5-1-3-15-4-2-10-25-20(15)18/h1-7,10,13,23H,8-9,11-12H2,(H,24,26). The molecule has 0 radical (unpaired) electrons. The van der Waals surface area contributed by atoms with Gasteiger partial charge in [0.2, 0.25) is 5.91 Å². The summed E-state index contributed by atoms with van der Waals surface area (Å²) in [5.41, 5.74) is 2.81. The molecule has 0 unspecified atom stereocenters. The molecule has 0 bridgehead atoms. The minimum Gasteiger partial charge on any atom is -0.383 e. The molecule has 6 heteroatoms. The van der Waals surface area contributed by atoms with Crippen molar-refractivity contribution >= 4 is 45.7 Å². The van der Waals surface area contributed by atoms with E-state index in [1.165, 1.54) is 0 Å². The summed E-state index contributed by atoms with van der Waals surface area (Å²) in [6.07, 6.45) is 2.82. The number of amides is 1. The smallest absolute Gasteiger partial charge is 0.221 e. The molecule has 134 valence electrons. The first-order chi connectivity index (χ1) is 12.6. The topological polar surface area (TPSA) is 54.0 Å². The maximum absolute atomic E-state index is 12.0. The number of para-hydroxylation sites is 1. The van der Waals surface area contributed by atoms with Crippen LogP contribution < -0.4 is 10.6 Å². The molecule has 0 saturated carbocycles. The van der Waals surface area contributed by atoms with E-state index >= 15 is 0 Å². The number of nitrogens with one attached hydrogen (secondary N) is 2. The van der Waals surface area contributed by atoms with Crippen LogP contribution in [0, 0.1) is 0 Å². The molecule has 2 aromatic carbocycles. The molecule has 3 aromatic rings. The summed E-state index contributed by atoms with van der Waals surface area (Å²) in [4.78, 5) is 16.4. The van der Waals surface area contributed by atoms with Crippen molar-refractivity contribution in [3.8, 4) is 0 Å². The molecule has 1 amide bonds. The molecule has 1 aromatic heterocycles. The van der Waals surface area contributed by atoms with Gasteiger partial charge in [-0.1, -0.05) is 47.5 Å². The number of halogens is 2. The first kappa shape index (κ1) is 18.5. The van der Waals surface area contributed by atoms with Crippen molar-refractivity contribution in [3.05, 3.63) is 70.3 Å². The second-order valence-corrected chi connectivity index (χ2v) is 6.74. The Morgan fingerprint density at radius 1 is 1.04 bits per heavy atom. The molecular formula is C20H19Cl2N3O. The van der Waals surface area contributed by atoms with Crippen LogP contribution in [0.3, 0.4) is 0 Å². The minimum atomic E-state index is -0.00391. The Morgan fingerprint density at radius 2 is 1.88 bits per heavy atom. The molecule has 0 aliphatic rings. The highest BCUT2D eigenvalue weighted by Crippen LogP contribution is 2.21. The lowest BCUT2D eigenvalue weighted by molar-refractivity contribution is -0.120. The summed E-state index contributed by atoms with van der Waals surface area (Å²) in [5.74, 6) is -0.00391. The lowest BCUT2D eigenvalue weighted by Gasteiger charge is -2.10. The molecule has 1 heterocycles. The number of benzene rings is 2. The van der Waals surface area contributed by atoms with E-state index in [1.54, 1.807) is 18.3 Å². The number of fused-ring (bicyclic) bond motifs is 1. The first-order valence-electron chi connectivity index (χ1n) is 8.42. The van der Waals surface area contributed by atoms with Crippen LogP contribution in [0.15, 0.2) is 54.7 Å². The van der Waals surface area contributed by atoms with Crippen molar-refractivity contribution in [1.82, 2.24) is 10.3 Å². The Hall–Kier alpha value is -2.30. The maximum Gasteiger partial charge on any atom is 0.221 e. The molecule has 0 atom stereocenters. The summed E-state index contributed by atoms with van der Waals surface area (Å²) >= 11 is 12.0. The lowest BCUT2D eigenvalue weighted by atomic mass is 10.1. The van der Waals surface area contributed by atoms with Gasteiger partial charge in [-0.05, 0) is 36.2 Å². The number of carbonyl (C=O) groups is 1. The SMILES string of the molecule is O=C(CCNc1cccc2cccnc12)NCCc1ccc(Cl)cc1Cl. The fourth-order valence-electron chi connectivity index (χ4n) is 2.71. The van der Waals surface area contributed by atoms with E-state index < -0.39 is 0 Å². The van der Waals surface area contributed by atoms with Crippen LogP contribution in [0.1, 0.15) is 12.0 Å². The van der Waals surface area contributed by atoms with Crippen LogP contribution in [0.5, 0.6) is 0 Å². The summed E-state index contributed by atoms with van der Waals surface area (Å²) in [6.45, 7) is 1.08. The number of pyridine rings is 1. The Morgan fingerprint density at radius 3 is 2.73 bits per heavy atom. The summed E-state index contributed by atoms with van der Waals surface area (Å²) in [7, 11) is 0. The van der Waals surface area contributed by atoms with Gasteiger partial charge in [0, 0.05) is 41.1 Å². The van der Waals surface area contributed by atoms with Gasteiger partial charge in [0.05, 0.1) is 11.2 Å². The van der Waals surface area contributed by atoms with E-state index in [0.29, 0.717) is 36.0 Å². The van der Waals surface area contributed by atoms with Crippen LogP contribution >= 0.6 is 23.2 Å². The molecule has 2 N–H and O–H groups in total. The molecule has 0 aliphatic heterocycles. The number of nitrogens with zero attached hydrogens (tertiary/aromatic N) is 1. The first-order valence-corrected chi connectivity index (χ1v) is 9.17. The second kappa shape index (κ2) is 8.88. The molecule has 3 rings (SSSR count). The Labute approximate surface area is 162 Å². The third-order valence-electron chi connectivity index (χ3n) is 4.03. The summed E-state index contributed by atoms with van der Waals surface area (Å²) < 4.78 is 0. The number of carbonyl (C=O) groups excluding carboxylic acids is 1. The Balaban J connectivity index is 1.44. The zero-order valence-electron chi connectivity index (χ0n) is 14.1. The van der Waals surface area contributed by atoms with Crippen LogP contribution in [0.25, 0.3) is 10.9 Å². The number of hydrogen-bond donors (Lipinski definition) is 2. The molecule has 0 saturated heterocycles. The number of hydrogen-bond acceptors (Lipinski definition) is 3. The van der Waals surface area contributed by atoms with Gasteiger partial charge in [0.1, 0.15) is 0 Å². The van der Waals surface area contributed by atoms with Crippen LogP contribution in [-0.4, -0.2) is 24.0 Å².